The highest BCUT2D eigenvalue weighted by atomic mass is 32.1. The predicted octanol–water partition coefficient (Wildman–Crippen LogP) is 4.69. The van der Waals surface area contributed by atoms with E-state index in [0.29, 0.717) is 16.1 Å². The van der Waals surface area contributed by atoms with E-state index in [0.717, 1.165) is 16.8 Å². The minimum atomic E-state index is -4.34. The maximum atomic E-state index is 12.5. The highest BCUT2D eigenvalue weighted by molar-refractivity contribution is 7.21. The average Bonchev–Trinajstić information content (AvgIpc) is 2.80. The van der Waals surface area contributed by atoms with Gasteiger partial charge in [0.1, 0.15) is 10.8 Å². The molecule has 2 nitrogen and oxygen atoms in total. The molecule has 0 aliphatic carbocycles. The summed E-state index contributed by atoms with van der Waals surface area (Å²) in [6.07, 6.45) is -4.34. The van der Waals surface area contributed by atoms with Crippen molar-refractivity contribution in [1.29, 1.82) is 0 Å². The Morgan fingerprint density at radius 1 is 1.00 bits per heavy atom. The summed E-state index contributed by atoms with van der Waals surface area (Å²) in [5, 5.41) is 10.0. The normalized spacial score (nSPS) is 11.9. The fourth-order valence-electron chi connectivity index (χ4n) is 1.84. The molecule has 3 aromatic rings. The molecule has 6 heteroatoms. The third kappa shape index (κ3) is 2.34. The Morgan fingerprint density at radius 2 is 1.70 bits per heavy atom. The summed E-state index contributed by atoms with van der Waals surface area (Å²) in [5.41, 5.74) is 0.654. The van der Waals surface area contributed by atoms with Crippen LogP contribution >= 0.6 is 11.3 Å². The van der Waals surface area contributed by atoms with Crippen LogP contribution in [-0.2, 0) is 6.18 Å². The van der Waals surface area contributed by atoms with Crippen molar-refractivity contribution in [1.82, 2.24) is 4.98 Å². The van der Waals surface area contributed by atoms with Gasteiger partial charge in [-0.2, -0.15) is 13.2 Å². The Balaban J connectivity index is 2.02. The molecule has 0 atom stereocenters. The number of nitrogens with zero attached hydrogens (tertiary/aromatic N) is 1. The number of hydrogen-bond donors (Lipinski definition) is 1. The van der Waals surface area contributed by atoms with Crippen molar-refractivity contribution in [3.05, 3.63) is 48.0 Å². The number of phenols is 1. The summed E-state index contributed by atoms with van der Waals surface area (Å²) < 4.78 is 38.3. The van der Waals surface area contributed by atoms with Crippen molar-refractivity contribution >= 4 is 21.6 Å². The van der Waals surface area contributed by atoms with Gasteiger partial charge in [-0.25, -0.2) is 4.98 Å². The van der Waals surface area contributed by atoms with Crippen LogP contribution in [0.25, 0.3) is 20.8 Å². The second kappa shape index (κ2) is 4.49. The fourth-order valence-corrected chi connectivity index (χ4v) is 2.84. The van der Waals surface area contributed by atoms with Gasteiger partial charge in [-0.3, -0.25) is 0 Å². The monoisotopic (exact) mass is 295 g/mol. The largest absolute Gasteiger partial charge is 0.508 e. The molecule has 0 radical (unpaired) electrons. The summed E-state index contributed by atoms with van der Waals surface area (Å²) >= 11 is 1.33. The van der Waals surface area contributed by atoms with Crippen molar-refractivity contribution in [2.75, 3.05) is 0 Å². The molecule has 0 bridgehead atoms. The Kier molecular flexibility index (Phi) is 2.90. The van der Waals surface area contributed by atoms with E-state index in [-0.39, 0.29) is 5.75 Å². The molecule has 0 saturated heterocycles. The summed E-state index contributed by atoms with van der Waals surface area (Å²) in [5.74, 6) is 0.139. The van der Waals surface area contributed by atoms with E-state index in [9.17, 15) is 18.3 Å². The van der Waals surface area contributed by atoms with Gasteiger partial charge >= 0.3 is 6.18 Å². The van der Waals surface area contributed by atoms with Gasteiger partial charge in [-0.1, -0.05) is 12.1 Å². The minimum Gasteiger partial charge on any atom is -0.508 e. The number of thiazole rings is 1. The van der Waals surface area contributed by atoms with Crippen LogP contribution in [0.5, 0.6) is 5.75 Å². The van der Waals surface area contributed by atoms with Crippen molar-refractivity contribution in [3.63, 3.8) is 0 Å². The number of benzene rings is 2. The van der Waals surface area contributed by atoms with Crippen LogP contribution in [0.1, 0.15) is 5.56 Å². The van der Waals surface area contributed by atoms with E-state index < -0.39 is 11.7 Å². The molecule has 2 aromatic carbocycles. The molecule has 1 aromatic heterocycles. The summed E-state index contributed by atoms with van der Waals surface area (Å²) in [6.45, 7) is 0. The Bertz CT molecular complexity index is 762. The molecule has 102 valence electrons. The molecule has 0 saturated carbocycles. The van der Waals surface area contributed by atoms with Crippen molar-refractivity contribution in [2.45, 2.75) is 6.18 Å². The topological polar surface area (TPSA) is 33.1 Å². The van der Waals surface area contributed by atoms with Crippen LogP contribution in [-0.4, -0.2) is 10.1 Å². The number of alkyl halides is 3. The molecule has 0 unspecified atom stereocenters. The molecule has 0 aliphatic rings. The summed E-state index contributed by atoms with van der Waals surface area (Å²) in [4.78, 5) is 4.34. The van der Waals surface area contributed by atoms with Crippen LogP contribution < -0.4 is 0 Å². The van der Waals surface area contributed by atoms with Gasteiger partial charge in [0, 0.05) is 5.56 Å². The first kappa shape index (κ1) is 12.9. The molecule has 3 rings (SSSR count). The summed E-state index contributed by atoms with van der Waals surface area (Å²) in [7, 11) is 0. The molecule has 0 amide bonds. The maximum Gasteiger partial charge on any atom is 0.416 e. The van der Waals surface area contributed by atoms with Crippen molar-refractivity contribution < 1.29 is 18.3 Å². The zero-order valence-electron chi connectivity index (χ0n) is 9.98. The van der Waals surface area contributed by atoms with E-state index in [1.54, 1.807) is 12.1 Å². The Hall–Kier alpha value is -2.08. The second-order valence-corrected chi connectivity index (χ2v) is 5.28. The molecule has 1 N–H and O–H groups in total. The lowest BCUT2D eigenvalue weighted by Gasteiger charge is -2.06. The highest BCUT2D eigenvalue weighted by Crippen LogP contribution is 2.34. The number of hydrogen-bond acceptors (Lipinski definition) is 3. The van der Waals surface area contributed by atoms with E-state index in [2.05, 4.69) is 4.98 Å². The van der Waals surface area contributed by atoms with Gasteiger partial charge in [0.15, 0.2) is 0 Å². The van der Waals surface area contributed by atoms with Crippen molar-refractivity contribution in [3.8, 4) is 16.3 Å². The number of halogens is 3. The number of aromatic nitrogens is 1. The molecular weight excluding hydrogens is 287 g/mol. The minimum absolute atomic E-state index is 0.139. The van der Waals surface area contributed by atoms with Gasteiger partial charge < -0.3 is 5.11 Å². The van der Waals surface area contributed by atoms with Gasteiger partial charge in [0.2, 0.25) is 0 Å². The predicted molar refractivity (Wildman–Crippen MR) is 71.7 cm³/mol. The Labute approximate surface area is 116 Å². The van der Waals surface area contributed by atoms with Crippen LogP contribution in [0, 0.1) is 0 Å². The number of aromatic hydroxyl groups is 1. The zero-order valence-corrected chi connectivity index (χ0v) is 10.8. The van der Waals surface area contributed by atoms with E-state index in [1.165, 1.54) is 29.5 Å². The number of rotatable bonds is 1. The molecule has 1 heterocycles. The molecule has 0 fully saturated rings. The Morgan fingerprint density at radius 3 is 2.35 bits per heavy atom. The third-order valence-electron chi connectivity index (χ3n) is 2.83. The van der Waals surface area contributed by atoms with Crippen LogP contribution in [0.2, 0.25) is 0 Å². The van der Waals surface area contributed by atoms with Crippen LogP contribution in [0.3, 0.4) is 0 Å². The molecule has 0 spiro atoms. The maximum absolute atomic E-state index is 12.5. The number of fused-ring (bicyclic) bond motifs is 1. The lowest BCUT2D eigenvalue weighted by atomic mass is 10.1. The van der Waals surface area contributed by atoms with E-state index in [1.807, 2.05) is 0 Å². The molecular formula is C14H8F3NOS. The smallest absolute Gasteiger partial charge is 0.416 e. The van der Waals surface area contributed by atoms with Gasteiger partial charge in [-0.15, -0.1) is 11.3 Å². The highest BCUT2D eigenvalue weighted by Gasteiger charge is 2.30. The lowest BCUT2D eigenvalue weighted by Crippen LogP contribution is -2.03. The zero-order chi connectivity index (χ0) is 14.3. The van der Waals surface area contributed by atoms with Gasteiger partial charge in [0.05, 0.1) is 15.8 Å². The van der Waals surface area contributed by atoms with Crippen LogP contribution in [0.4, 0.5) is 13.2 Å². The van der Waals surface area contributed by atoms with Gasteiger partial charge in [0.25, 0.3) is 0 Å². The third-order valence-corrected chi connectivity index (χ3v) is 3.90. The van der Waals surface area contributed by atoms with Gasteiger partial charge in [-0.05, 0) is 30.3 Å². The average molecular weight is 295 g/mol. The fraction of sp³-hybridized carbons (Fsp3) is 0.0714. The first-order valence-electron chi connectivity index (χ1n) is 5.71. The van der Waals surface area contributed by atoms with E-state index >= 15 is 0 Å². The molecule has 20 heavy (non-hydrogen) atoms. The SMILES string of the molecule is Oc1ccc2nc(-c3ccc(C(F)(F)F)cc3)sc2c1. The second-order valence-electron chi connectivity index (χ2n) is 4.25. The molecule has 0 aliphatic heterocycles. The summed E-state index contributed by atoms with van der Waals surface area (Å²) in [6, 6.07) is 9.67. The quantitative estimate of drug-likeness (QED) is 0.706. The number of phenolic OH excluding ortho intramolecular Hbond substituents is 1. The lowest BCUT2D eigenvalue weighted by molar-refractivity contribution is -0.137. The van der Waals surface area contributed by atoms with Crippen molar-refractivity contribution in [2.24, 2.45) is 0 Å². The first-order valence-corrected chi connectivity index (χ1v) is 6.52. The first-order chi connectivity index (χ1) is 9.43. The van der Waals surface area contributed by atoms with Crippen LogP contribution in [0.15, 0.2) is 42.5 Å². The standard InChI is InChI=1S/C14H8F3NOS/c15-14(16,17)9-3-1-8(2-4-9)13-18-11-6-5-10(19)7-12(11)20-13/h1-7,19H. The van der Waals surface area contributed by atoms with E-state index in [4.69, 9.17) is 0 Å².